The van der Waals surface area contributed by atoms with Gasteiger partial charge in [0, 0.05) is 30.0 Å². The van der Waals surface area contributed by atoms with E-state index >= 15 is 0 Å². The molecule has 3 fully saturated rings. The van der Waals surface area contributed by atoms with Crippen molar-refractivity contribution in [3.63, 3.8) is 0 Å². The molecule has 2 heterocycles. The fourth-order valence-electron chi connectivity index (χ4n) is 4.64. The molecule has 1 aliphatic carbocycles. The Morgan fingerprint density at radius 3 is 2.42 bits per heavy atom. The van der Waals surface area contributed by atoms with Crippen molar-refractivity contribution in [3.05, 3.63) is 0 Å². The second-order valence-electron chi connectivity index (χ2n) is 7.49. The summed E-state index contributed by atoms with van der Waals surface area (Å²) in [4.78, 5) is 2.63. The minimum Gasteiger partial charge on any atom is -0.377 e. The Hall–Kier alpha value is -0.120. The SMILES string of the molecule is CC1(C)C2OCCC2C1(N)CN1CCCCCCC1. The maximum Gasteiger partial charge on any atom is 0.0691 e. The average Bonchev–Trinajstić information content (AvgIpc) is 2.80. The van der Waals surface area contributed by atoms with Crippen LogP contribution in [-0.2, 0) is 4.74 Å². The highest BCUT2D eigenvalue weighted by Gasteiger charge is 2.67. The molecule has 2 aliphatic heterocycles. The predicted octanol–water partition coefficient (Wildman–Crippen LogP) is 2.39. The maximum absolute atomic E-state index is 6.87. The van der Waals surface area contributed by atoms with Gasteiger partial charge in [-0.05, 0) is 32.4 Å². The number of likely N-dealkylation sites (tertiary alicyclic amines) is 1. The van der Waals surface area contributed by atoms with E-state index in [1.165, 1.54) is 51.6 Å². The molecule has 0 aromatic carbocycles. The molecular weight excluding hydrogens is 236 g/mol. The van der Waals surface area contributed by atoms with Gasteiger partial charge in [-0.25, -0.2) is 0 Å². The summed E-state index contributed by atoms with van der Waals surface area (Å²) in [6.07, 6.45) is 8.48. The summed E-state index contributed by atoms with van der Waals surface area (Å²) in [6, 6.07) is 0. The van der Waals surface area contributed by atoms with Gasteiger partial charge < -0.3 is 15.4 Å². The molecule has 19 heavy (non-hydrogen) atoms. The fourth-order valence-corrected chi connectivity index (χ4v) is 4.64. The van der Waals surface area contributed by atoms with Crippen LogP contribution in [0.1, 0.15) is 52.4 Å². The summed E-state index contributed by atoms with van der Waals surface area (Å²) in [5.74, 6) is 0.591. The monoisotopic (exact) mass is 266 g/mol. The number of nitrogens with two attached hydrogens (primary N) is 1. The van der Waals surface area contributed by atoms with Gasteiger partial charge in [0.25, 0.3) is 0 Å². The summed E-state index contributed by atoms with van der Waals surface area (Å²) in [5, 5.41) is 0. The molecule has 0 aromatic heterocycles. The molecule has 3 unspecified atom stereocenters. The zero-order valence-electron chi connectivity index (χ0n) is 12.7. The maximum atomic E-state index is 6.87. The topological polar surface area (TPSA) is 38.5 Å². The van der Waals surface area contributed by atoms with E-state index in [-0.39, 0.29) is 11.0 Å². The number of ether oxygens (including phenoxy) is 1. The summed E-state index contributed by atoms with van der Waals surface area (Å²) < 4.78 is 5.90. The smallest absolute Gasteiger partial charge is 0.0691 e. The molecule has 2 saturated heterocycles. The minimum absolute atomic E-state index is 0.0344. The van der Waals surface area contributed by atoms with Crippen LogP contribution in [0.4, 0.5) is 0 Å². The first-order valence-electron chi connectivity index (χ1n) is 8.18. The highest BCUT2D eigenvalue weighted by Crippen LogP contribution is 2.58. The van der Waals surface area contributed by atoms with Crippen LogP contribution in [-0.4, -0.2) is 42.8 Å². The van der Waals surface area contributed by atoms with E-state index < -0.39 is 0 Å². The molecule has 3 heteroatoms. The lowest BCUT2D eigenvalue weighted by molar-refractivity contribution is -0.163. The number of fused-ring (bicyclic) bond motifs is 1. The van der Waals surface area contributed by atoms with E-state index in [2.05, 4.69) is 18.7 Å². The van der Waals surface area contributed by atoms with Crippen molar-refractivity contribution in [1.29, 1.82) is 0 Å². The van der Waals surface area contributed by atoms with Crippen LogP contribution in [0.15, 0.2) is 0 Å². The van der Waals surface area contributed by atoms with Crippen LogP contribution in [0.2, 0.25) is 0 Å². The van der Waals surface area contributed by atoms with E-state index in [0.29, 0.717) is 12.0 Å². The third-order valence-electron chi connectivity index (χ3n) is 6.10. The third kappa shape index (κ3) is 2.14. The average molecular weight is 266 g/mol. The molecule has 1 saturated carbocycles. The molecule has 3 rings (SSSR count). The summed E-state index contributed by atoms with van der Waals surface area (Å²) in [6.45, 7) is 9.09. The first-order valence-corrected chi connectivity index (χ1v) is 8.18. The van der Waals surface area contributed by atoms with Crippen molar-refractivity contribution in [2.45, 2.75) is 64.0 Å². The first kappa shape index (κ1) is 13.8. The molecule has 3 atom stereocenters. The lowest BCUT2D eigenvalue weighted by Gasteiger charge is -2.63. The molecule has 0 spiro atoms. The summed E-state index contributed by atoms with van der Waals surface area (Å²) in [7, 11) is 0. The molecule has 0 aromatic rings. The highest BCUT2D eigenvalue weighted by atomic mass is 16.5. The van der Waals surface area contributed by atoms with Crippen molar-refractivity contribution in [1.82, 2.24) is 4.90 Å². The largest absolute Gasteiger partial charge is 0.377 e. The van der Waals surface area contributed by atoms with Crippen LogP contribution in [0.25, 0.3) is 0 Å². The Kier molecular flexibility index (Phi) is 3.65. The Bertz CT molecular complexity index is 323. The molecule has 2 N–H and O–H groups in total. The van der Waals surface area contributed by atoms with Crippen LogP contribution in [0.3, 0.4) is 0 Å². The normalized spacial score (nSPS) is 43.1. The molecule has 0 radical (unpaired) electrons. The van der Waals surface area contributed by atoms with Crippen molar-refractivity contribution in [2.24, 2.45) is 17.1 Å². The van der Waals surface area contributed by atoms with Crippen LogP contribution in [0.5, 0.6) is 0 Å². The van der Waals surface area contributed by atoms with Gasteiger partial charge in [-0.1, -0.05) is 33.1 Å². The van der Waals surface area contributed by atoms with Gasteiger partial charge in [-0.3, -0.25) is 0 Å². The molecular formula is C16H30N2O. The lowest BCUT2D eigenvalue weighted by atomic mass is 9.48. The van der Waals surface area contributed by atoms with E-state index in [9.17, 15) is 0 Å². The van der Waals surface area contributed by atoms with E-state index in [4.69, 9.17) is 10.5 Å². The quantitative estimate of drug-likeness (QED) is 0.834. The van der Waals surface area contributed by atoms with Gasteiger partial charge in [0.15, 0.2) is 0 Å². The molecule has 0 bridgehead atoms. The van der Waals surface area contributed by atoms with Crippen molar-refractivity contribution >= 4 is 0 Å². The number of nitrogens with zero attached hydrogens (tertiary/aromatic N) is 1. The summed E-state index contributed by atoms with van der Waals surface area (Å²) >= 11 is 0. The van der Waals surface area contributed by atoms with Crippen LogP contribution in [0, 0.1) is 11.3 Å². The van der Waals surface area contributed by atoms with Crippen molar-refractivity contribution in [3.8, 4) is 0 Å². The van der Waals surface area contributed by atoms with Gasteiger partial charge >= 0.3 is 0 Å². The van der Waals surface area contributed by atoms with Gasteiger partial charge in [0.05, 0.1) is 6.10 Å². The van der Waals surface area contributed by atoms with Crippen molar-refractivity contribution in [2.75, 3.05) is 26.2 Å². The Morgan fingerprint density at radius 1 is 1.11 bits per heavy atom. The molecule has 110 valence electrons. The second-order valence-corrected chi connectivity index (χ2v) is 7.49. The zero-order valence-corrected chi connectivity index (χ0v) is 12.7. The lowest BCUT2D eigenvalue weighted by Crippen LogP contribution is -2.78. The van der Waals surface area contributed by atoms with Gasteiger partial charge in [0.1, 0.15) is 0 Å². The van der Waals surface area contributed by atoms with Gasteiger partial charge in [0.2, 0.25) is 0 Å². The van der Waals surface area contributed by atoms with Gasteiger partial charge in [-0.15, -0.1) is 0 Å². The van der Waals surface area contributed by atoms with Crippen molar-refractivity contribution < 1.29 is 4.74 Å². The van der Waals surface area contributed by atoms with E-state index in [1.54, 1.807) is 0 Å². The summed E-state index contributed by atoms with van der Waals surface area (Å²) in [5.41, 5.74) is 6.97. The Morgan fingerprint density at radius 2 is 1.74 bits per heavy atom. The van der Waals surface area contributed by atoms with Crippen LogP contribution < -0.4 is 5.73 Å². The second kappa shape index (κ2) is 5.01. The number of hydrogen-bond donors (Lipinski definition) is 1. The van der Waals surface area contributed by atoms with Crippen LogP contribution >= 0.6 is 0 Å². The third-order valence-corrected chi connectivity index (χ3v) is 6.10. The Labute approximate surface area is 117 Å². The fraction of sp³-hybridized carbons (Fsp3) is 1.00. The number of hydrogen-bond acceptors (Lipinski definition) is 3. The minimum atomic E-state index is -0.0344. The molecule has 3 nitrogen and oxygen atoms in total. The van der Waals surface area contributed by atoms with Gasteiger partial charge in [-0.2, -0.15) is 0 Å². The zero-order chi connectivity index (χ0) is 13.5. The van der Waals surface area contributed by atoms with E-state index in [1.807, 2.05) is 0 Å². The standard InChI is InChI=1S/C16H30N2O/c1-15(2)14-13(8-11-19-14)16(15,17)12-18-9-6-4-3-5-7-10-18/h13-14H,3-12,17H2,1-2H3. The Balaban J connectivity index is 1.67. The molecule has 3 aliphatic rings. The first-order chi connectivity index (χ1) is 9.06. The highest BCUT2D eigenvalue weighted by molar-refractivity contribution is 5.21. The predicted molar refractivity (Wildman–Crippen MR) is 78.1 cm³/mol. The van der Waals surface area contributed by atoms with E-state index in [0.717, 1.165) is 13.2 Å². The number of rotatable bonds is 2. The molecule has 0 amide bonds.